The van der Waals surface area contributed by atoms with Crippen LogP contribution in [0, 0.1) is 6.92 Å². The summed E-state index contributed by atoms with van der Waals surface area (Å²) < 4.78 is 16.0. The van der Waals surface area contributed by atoms with Gasteiger partial charge in [0.05, 0.1) is 20.3 Å². The van der Waals surface area contributed by atoms with Crippen LogP contribution in [0.3, 0.4) is 0 Å². The van der Waals surface area contributed by atoms with E-state index in [9.17, 15) is 4.79 Å². The molecule has 1 N–H and O–H groups in total. The minimum absolute atomic E-state index is 0.0969. The van der Waals surface area contributed by atoms with Gasteiger partial charge in [0.1, 0.15) is 0 Å². The Bertz CT molecular complexity index is 1240. The van der Waals surface area contributed by atoms with Gasteiger partial charge in [0.2, 0.25) is 17.6 Å². The Kier molecular flexibility index (Phi) is 7.22. The highest BCUT2D eigenvalue weighted by molar-refractivity contribution is 5.77. The maximum Gasteiger partial charge on any atom is 0.227 e. The minimum Gasteiger partial charge on any atom is -0.493 e. The lowest BCUT2D eigenvalue weighted by Crippen LogP contribution is -2.29. The number of aryl methyl sites for hydroxylation is 2. The highest BCUT2D eigenvalue weighted by Gasteiger charge is 2.18. The summed E-state index contributed by atoms with van der Waals surface area (Å²) in [6.45, 7) is 2.04. The third-order valence-corrected chi connectivity index (χ3v) is 5.52. The Labute approximate surface area is 198 Å². The smallest absolute Gasteiger partial charge is 0.227 e. The van der Waals surface area contributed by atoms with Gasteiger partial charge >= 0.3 is 0 Å². The van der Waals surface area contributed by atoms with E-state index in [4.69, 9.17) is 14.0 Å². The van der Waals surface area contributed by atoms with E-state index in [2.05, 4.69) is 15.5 Å². The van der Waals surface area contributed by atoms with Crippen molar-refractivity contribution in [3.63, 3.8) is 0 Å². The molecule has 1 atom stereocenters. The molecule has 0 aliphatic carbocycles. The number of carbonyl (C=O) groups excluding carboxylic acids is 1. The molecule has 0 saturated heterocycles. The van der Waals surface area contributed by atoms with Crippen molar-refractivity contribution in [2.24, 2.45) is 0 Å². The zero-order chi connectivity index (χ0) is 23.9. The molecule has 0 aliphatic rings. The minimum atomic E-state index is -0.237. The van der Waals surface area contributed by atoms with Gasteiger partial charge in [-0.2, -0.15) is 4.98 Å². The third-order valence-electron chi connectivity index (χ3n) is 5.52. The van der Waals surface area contributed by atoms with Crippen LogP contribution >= 0.6 is 0 Å². The molecule has 0 saturated carbocycles. The lowest BCUT2D eigenvalue weighted by Gasteiger charge is -2.20. The van der Waals surface area contributed by atoms with E-state index < -0.39 is 0 Å². The first-order valence-corrected chi connectivity index (χ1v) is 11.0. The SMILES string of the molecule is COc1ccc(-c2noc(CCC(=O)NC(c3ccccc3)c3ccc(C)cc3)n2)cc1OC. The Morgan fingerprint density at radius 2 is 1.65 bits per heavy atom. The second-order valence-corrected chi connectivity index (χ2v) is 7.90. The molecule has 174 valence electrons. The fraction of sp³-hybridized carbons (Fsp3) is 0.222. The van der Waals surface area contributed by atoms with Gasteiger partial charge in [0.15, 0.2) is 11.5 Å². The van der Waals surface area contributed by atoms with E-state index in [0.29, 0.717) is 29.6 Å². The standard InChI is InChI=1S/C27H27N3O4/c1-18-9-11-20(12-10-18)26(19-7-5-4-6-8-19)28-24(31)15-16-25-29-27(30-34-25)21-13-14-22(32-2)23(17-21)33-3/h4-14,17,26H,15-16H2,1-3H3,(H,28,31). The number of hydrogen-bond acceptors (Lipinski definition) is 6. The summed E-state index contributed by atoms with van der Waals surface area (Å²) in [5.41, 5.74) is 3.95. The number of hydrogen-bond donors (Lipinski definition) is 1. The Morgan fingerprint density at radius 3 is 2.35 bits per heavy atom. The molecule has 7 heteroatoms. The summed E-state index contributed by atoms with van der Waals surface area (Å²) in [4.78, 5) is 17.3. The maximum absolute atomic E-state index is 12.8. The van der Waals surface area contributed by atoms with Gasteiger partial charge in [0.25, 0.3) is 0 Å². The number of nitrogens with one attached hydrogen (secondary N) is 1. The molecule has 0 bridgehead atoms. The highest BCUT2D eigenvalue weighted by atomic mass is 16.5. The van der Waals surface area contributed by atoms with E-state index >= 15 is 0 Å². The summed E-state index contributed by atoms with van der Waals surface area (Å²) in [6, 6.07) is 23.3. The van der Waals surface area contributed by atoms with Crippen molar-refractivity contribution in [2.45, 2.75) is 25.8 Å². The molecule has 1 aromatic heterocycles. The average molecular weight is 458 g/mol. The van der Waals surface area contributed by atoms with Gasteiger partial charge in [-0.25, -0.2) is 0 Å². The molecule has 4 rings (SSSR count). The number of benzene rings is 3. The second-order valence-electron chi connectivity index (χ2n) is 7.90. The Morgan fingerprint density at radius 1 is 0.941 bits per heavy atom. The van der Waals surface area contributed by atoms with Gasteiger partial charge in [-0.3, -0.25) is 4.79 Å². The predicted octanol–water partition coefficient (Wildman–Crippen LogP) is 4.90. The predicted molar refractivity (Wildman–Crippen MR) is 129 cm³/mol. The fourth-order valence-electron chi connectivity index (χ4n) is 3.67. The van der Waals surface area contributed by atoms with Crippen LogP contribution in [0.15, 0.2) is 77.3 Å². The van der Waals surface area contributed by atoms with Gasteiger partial charge in [-0.15, -0.1) is 0 Å². The normalized spacial score (nSPS) is 11.6. The lowest BCUT2D eigenvalue weighted by atomic mass is 9.97. The maximum atomic E-state index is 12.8. The van der Waals surface area contributed by atoms with Crippen LogP contribution in [0.5, 0.6) is 11.5 Å². The number of amides is 1. The lowest BCUT2D eigenvalue weighted by molar-refractivity contribution is -0.121. The summed E-state index contributed by atoms with van der Waals surface area (Å²) in [7, 11) is 3.15. The molecule has 1 amide bonds. The number of methoxy groups -OCH3 is 2. The van der Waals surface area contributed by atoms with E-state index in [-0.39, 0.29) is 18.4 Å². The van der Waals surface area contributed by atoms with Crippen molar-refractivity contribution in [3.8, 4) is 22.9 Å². The fourth-order valence-corrected chi connectivity index (χ4v) is 3.67. The van der Waals surface area contributed by atoms with Crippen molar-refractivity contribution in [2.75, 3.05) is 14.2 Å². The van der Waals surface area contributed by atoms with Crippen LogP contribution in [-0.2, 0) is 11.2 Å². The summed E-state index contributed by atoms with van der Waals surface area (Å²) in [6.07, 6.45) is 0.560. The molecule has 1 heterocycles. The summed E-state index contributed by atoms with van der Waals surface area (Å²) in [5, 5.41) is 7.19. The number of nitrogens with zero attached hydrogens (tertiary/aromatic N) is 2. The van der Waals surface area contributed by atoms with Crippen LogP contribution in [0.1, 0.15) is 35.0 Å². The quantitative estimate of drug-likeness (QED) is 0.385. The molecular weight excluding hydrogens is 430 g/mol. The molecule has 0 spiro atoms. The largest absolute Gasteiger partial charge is 0.493 e. The second kappa shape index (κ2) is 10.7. The molecule has 7 nitrogen and oxygen atoms in total. The first kappa shape index (κ1) is 23.0. The van der Waals surface area contributed by atoms with Crippen molar-refractivity contribution < 1.29 is 18.8 Å². The van der Waals surface area contributed by atoms with Crippen molar-refractivity contribution >= 4 is 5.91 Å². The third kappa shape index (κ3) is 5.43. The zero-order valence-corrected chi connectivity index (χ0v) is 19.4. The van der Waals surface area contributed by atoms with Crippen LogP contribution < -0.4 is 14.8 Å². The summed E-state index contributed by atoms with van der Waals surface area (Å²) in [5.74, 6) is 1.92. The molecule has 0 aliphatic heterocycles. The average Bonchev–Trinajstić information content (AvgIpc) is 3.36. The number of rotatable bonds is 9. The van der Waals surface area contributed by atoms with Crippen molar-refractivity contribution in [1.29, 1.82) is 0 Å². The molecule has 34 heavy (non-hydrogen) atoms. The number of carbonyl (C=O) groups is 1. The van der Waals surface area contributed by atoms with Gasteiger partial charge in [-0.05, 0) is 36.2 Å². The number of ether oxygens (including phenoxy) is 2. The highest BCUT2D eigenvalue weighted by Crippen LogP contribution is 2.31. The molecule has 0 fully saturated rings. The van der Waals surface area contributed by atoms with Gasteiger partial charge in [-0.1, -0.05) is 65.3 Å². The zero-order valence-electron chi connectivity index (χ0n) is 19.4. The molecular formula is C27H27N3O4. The molecule has 3 aromatic carbocycles. The topological polar surface area (TPSA) is 86.5 Å². The van der Waals surface area contributed by atoms with Crippen molar-refractivity contribution in [3.05, 3.63) is 95.4 Å². The van der Waals surface area contributed by atoms with E-state index in [1.54, 1.807) is 26.4 Å². The molecule has 4 aromatic rings. The van der Waals surface area contributed by atoms with Crippen LogP contribution in [0.4, 0.5) is 0 Å². The monoisotopic (exact) mass is 457 g/mol. The number of aromatic nitrogens is 2. The first-order valence-electron chi connectivity index (χ1n) is 11.0. The van der Waals surface area contributed by atoms with Crippen LogP contribution in [0.2, 0.25) is 0 Å². The van der Waals surface area contributed by atoms with Gasteiger partial charge in [0, 0.05) is 18.4 Å². The van der Waals surface area contributed by atoms with E-state index in [1.165, 1.54) is 5.56 Å². The Balaban J connectivity index is 1.43. The molecule has 1 unspecified atom stereocenters. The first-order chi connectivity index (χ1) is 16.6. The van der Waals surface area contributed by atoms with E-state index in [0.717, 1.165) is 16.7 Å². The van der Waals surface area contributed by atoms with Crippen LogP contribution in [0.25, 0.3) is 11.4 Å². The van der Waals surface area contributed by atoms with Crippen LogP contribution in [-0.4, -0.2) is 30.3 Å². The Hall–Kier alpha value is -4.13. The molecule has 0 radical (unpaired) electrons. The van der Waals surface area contributed by atoms with Crippen molar-refractivity contribution in [1.82, 2.24) is 15.5 Å². The van der Waals surface area contributed by atoms with Gasteiger partial charge < -0.3 is 19.3 Å². The van der Waals surface area contributed by atoms with E-state index in [1.807, 2.05) is 67.6 Å². The summed E-state index contributed by atoms with van der Waals surface area (Å²) >= 11 is 0.